The zero-order chi connectivity index (χ0) is 19.3. The Morgan fingerprint density at radius 1 is 0.885 bits per heavy atom. The third-order valence-electron chi connectivity index (χ3n) is 4.31. The lowest BCUT2D eigenvalue weighted by Crippen LogP contribution is -2.44. The fourth-order valence-corrected chi connectivity index (χ4v) is 6.57. The largest absolute Gasteiger partial charge is 0.463 e. The van der Waals surface area contributed by atoms with Crippen LogP contribution in [-0.4, -0.2) is 33.2 Å². The molecule has 0 atom stereocenters. The second-order valence-corrected chi connectivity index (χ2v) is 11.2. The summed E-state index contributed by atoms with van der Waals surface area (Å²) in [4.78, 5) is 22.8. The molecule has 4 nitrogen and oxygen atoms in total. The number of esters is 2. The smallest absolute Gasteiger partial charge is 0.330 e. The van der Waals surface area contributed by atoms with Gasteiger partial charge in [-0.25, -0.2) is 9.59 Å². The number of hydrogen-bond acceptors (Lipinski definition) is 4. The number of hydrogen-bond donors (Lipinski definition) is 0. The maximum Gasteiger partial charge on any atom is 0.330 e. The summed E-state index contributed by atoms with van der Waals surface area (Å²) in [6.07, 6.45) is 7.93. The third kappa shape index (κ3) is 8.29. The normalized spacial score (nSPS) is 13.7. The van der Waals surface area contributed by atoms with Crippen LogP contribution in [0.15, 0.2) is 54.6 Å². The van der Waals surface area contributed by atoms with Crippen molar-refractivity contribution in [3.63, 3.8) is 0 Å². The van der Waals surface area contributed by atoms with Gasteiger partial charge in [-0.3, -0.25) is 0 Å². The summed E-state index contributed by atoms with van der Waals surface area (Å²) in [5.74, 6) is -0.571. The second kappa shape index (κ2) is 12.2. The minimum Gasteiger partial charge on any atom is -0.463 e. The van der Waals surface area contributed by atoms with Gasteiger partial charge < -0.3 is 9.47 Å². The molecule has 0 amide bonds. The Kier molecular flexibility index (Phi) is 10.3. The molecule has 26 heavy (non-hydrogen) atoms. The van der Waals surface area contributed by atoms with E-state index in [0.717, 1.165) is 24.9 Å². The Hall–Kier alpha value is -2.14. The molecule has 0 heterocycles. The fourth-order valence-electron chi connectivity index (χ4n) is 2.89. The van der Waals surface area contributed by atoms with E-state index in [1.807, 2.05) is 6.07 Å². The average Bonchev–Trinajstić information content (AvgIpc) is 2.64. The number of carbonyl (C=O) groups is 2. The highest BCUT2D eigenvalue weighted by Gasteiger charge is 2.28. The first-order valence-electron chi connectivity index (χ1n) is 9.16. The molecule has 5 heteroatoms. The van der Waals surface area contributed by atoms with Crippen molar-refractivity contribution in [2.45, 2.75) is 45.3 Å². The molecule has 0 fully saturated rings. The molecule has 0 aromatic heterocycles. The van der Waals surface area contributed by atoms with Crippen molar-refractivity contribution in [2.75, 3.05) is 13.2 Å². The van der Waals surface area contributed by atoms with Crippen LogP contribution < -0.4 is 5.19 Å². The predicted molar refractivity (Wildman–Crippen MR) is 108 cm³/mol. The minimum atomic E-state index is -1.73. The number of allylic oxidation sites excluding steroid dienone is 2. The molecule has 0 aliphatic heterocycles. The average molecular weight is 375 g/mol. The summed E-state index contributed by atoms with van der Waals surface area (Å²) < 4.78 is 10.4. The van der Waals surface area contributed by atoms with Crippen LogP contribution in [0, 0.1) is 0 Å². The lowest BCUT2D eigenvalue weighted by atomic mass is 10.4. The number of ether oxygens (including phenoxy) is 2. The molecule has 0 saturated carbocycles. The molecule has 142 valence electrons. The summed E-state index contributed by atoms with van der Waals surface area (Å²) in [6, 6.07) is 12.6. The molecule has 0 saturated heterocycles. The number of rotatable bonds is 11. The topological polar surface area (TPSA) is 52.6 Å². The first kappa shape index (κ1) is 21.9. The van der Waals surface area contributed by atoms with Gasteiger partial charge in [0.15, 0.2) is 0 Å². The van der Waals surface area contributed by atoms with Gasteiger partial charge in [-0.15, -0.1) is 0 Å². The zero-order valence-corrected chi connectivity index (χ0v) is 17.1. The molecule has 0 radical (unpaired) electrons. The van der Waals surface area contributed by atoms with E-state index in [4.69, 9.17) is 9.47 Å². The highest BCUT2D eigenvalue weighted by molar-refractivity contribution is 6.90. The Labute approximate surface area is 157 Å². The van der Waals surface area contributed by atoms with Crippen LogP contribution in [0.3, 0.4) is 0 Å². The van der Waals surface area contributed by atoms with Gasteiger partial charge in [-0.05, 0) is 26.7 Å². The number of benzene rings is 1. The van der Waals surface area contributed by atoms with Crippen molar-refractivity contribution in [2.24, 2.45) is 0 Å². The maximum atomic E-state index is 11.4. The van der Waals surface area contributed by atoms with Gasteiger partial charge in [0.2, 0.25) is 0 Å². The molecule has 0 aliphatic rings. The molecule has 0 spiro atoms. The van der Waals surface area contributed by atoms with E-state index in [0.29, 0.717) is 13.2 Å². The molecule has 1 aromatic rings. The summed E-state index contributed by atoms with van der Waals surface area (Å²) in [5.41, 5.74) is 0. The standard InChI is InChI=1S/C21H30O4Si/c1-4-11-20(22)24-15-9-17-26(3,19-13-7-6-8-14-19)18-10-16-25-21(23)12-5-2/h4-8,11-14H,9-10,15-18H2,1-3H3. The zero-order valence-electron chi connectivity index (χ0n) is 16.1. The molecule has 0 bridgehead atoms. The highest BCUT2D eigenvalue weighted by Crippen LogP contribution is 2.20. The van der Waals surface area contributed by atoms with Gasteiger partial charge in [0, 0.05) is 12.2 Å². The molecule has 0 N–H and O–H groups in total. The van der Waals surface area contributed by atoms with Crippen LogP contribution in [0.5, 0.6) is 0 Å². The van der Waals surface area contributed by atoms with Crippen molar-refractivity contribution < 1.29 is 19.1 Å². The summed E-state index contributed by atoms with van der Waals surface area (Å²) >= 11 is 0. The molecule has 0 aliphatic carbocycles. The van der Waals surface area contributed by atoms with Crippen LogP contribution in [-0.2, 0) is 19.1 Å². The Bertz CT molecular complexity index is 576. The van der Waals surface area contributed by atoms with E-state index >= 15 is 0 Å². The Morgan fingerprint density at radius 3 is 1.77 bits per heavy atom. The van der Waals surface area contributed by atoms with Crippen molar-refractivity contribution in [1.29, 1.82) is 0 Å². The third-order valence-corrected chi connectivity index (χ3v) is 8.95. The molecular formula is C21H30O4Si. The van der Waals surface area contributed by atoms with E-state index < -0.39 is 8.07 Å². The second-order valence-electron chi connectivity index (χ2n) is 6.47. The predicted octanol–water partition coefficient (Wildman–Crippen LogP) is 3.99. The first-order chi connectivity index (χ1) is 12.5. The quantitative estimate of drug-likeness (QED) is 0.254. The van der Waals surface area contributed by atoms with Crippen molar-refractivity contribution in [3.05, 3.63) is 54.6 Å². The molecular weight excluding hydrogens is 344 g/mol. The van der Waals surface area contributed by atoms with E-state index in [1.54, 1.807) is 26.0 Å². The molecule has 1 aromatic carbocycles. The summed E-state index contributed by atoms with van der Waals surface area (Å²) in [6.45, 7) is 6.82. The lowest BCUT2D eigenvalue weighted by molar-refractivity contribution is -0.138. The lowest BCUT2D eigenvalue weighted by Gasteiger charge is -2.28. The van der Waals surface area contributed by atoms with Gasteiger partial charge in [0.25, 0.3) is 0 Å². The SMILES string of the molecule is CC=CC(=O)OCCC[Si](C)(CCCOC(=O)C=CC)c1ccccc1. The minimum absolute atomic E-state index is 0.286. The fraction of sp³-hybridized carbons (Fsp3) is 0.429. The van der Waals surface area contributed by atoms with Gasteiger partial charge in [-0.1, -0.05) is 66.3 Å². The summed E-state index contributed by atoms with van der Waals surface area (Å²) in [7, 11) is -1.73. The van der Waals surface area contributed by atoms with E-state index in [1.165, 1.54) is 17.3 Å². The molecule has 0 unspecified atom stereocenters. The van der Waals surface area contributed by atoms with Gasteiger partial charge in [-0.2, -0.15) is 0 Å². The van der Waals surface area contributed by atoms with Crippen LogP contribution in [0.1, 0.15) is 26.7 Å². The van der Waals surface area contributed by atoms with Crippen LogP contribution in [0.2, 0.25) is 18.6 Å². The van der Waals surface area contributed by atoms with Crippen molar-refractivity contribution in [1.82, 2.24) is 0 Å². The van der Waals surface area contributed by atoms with E-state index in [-0.39, 0.29) is 11.9 Å². The summed E-state index contributed by atoms with van der Waals surface area (Å²) in [5, 5.41) is 1.39. The van der Waals surface area contributed by atoms with Gasteiger partial charge >= 0.3 is 11.9 Å². The Morgan fingerprint density at radius 2 is 1.35 bits per heavy atom. The van der Waals surface area contributed by atoms with E-state index in [2.05, 4.69) is 30.8 Å². The van der Waals surface area contributed by atoms with Crippen LogP contribution in [0.25, 0.3) is 0 Å². The molecule has 1 rings (SSSR count). The highest BCUT2D eigenvalue weighted by atomic mass is 28.3. The first-order valence-corrected chi connectivity index (χ1v) is 12.1. The maximum absolute atomic E-state index is 11.4. The monoisotopic (exact) mass is 374 g/mol. The van der Waals surface area contributed by atoms with Crippen LogP contribution in [0.4, 0.5) is 0 Å². The number of carbonyl (C=O) groups excluding carboxylic acids is 2. The van der Waals surface area contributed by atoms with Crippen molar-refractivity contribution in [3.8, 4) is 0 Å². The van der Waals surface area contributed by atoms with Crippen LogP contribution >= 0.6 is 0 Å². The Balaban J connectivity index is 2.57. The van der Waals surface area contributed by atoms with Crippen molar-refractivity contribution >= 4 is 25.2 Å². The van der Waals surface area contributed by atoms with Gasteiger partial charge in [0.05, 0.1) is 21.3 Å². The van der Waals surface area contributed by atoms with E-state index in [9.17, 15) is 9.59 Å². The van der Waals surface area contributed by atoms with Gasteiger partial charge in [0.1, 0.15) is 0 Å².